The van der Waals surface area contributed by atoms with Crippen LogP contribution in [0, 0.1) is 5.92 Å². The summed E-state index contributed by atoms with van der Waals surface area (Å²) in [7, 11) is 0. The predicted octanol–water partition coefficient (Wildman–Crippen LogP) is 2.52. The van der Waals surface area contributed by atoms with Crippen molar-refractivity contribution in [2.45, 2.75) is 38.1 Å². The maximum atomic E-state index is 11.8. The van der Waals surface area contributed by atoms with Gasteiger partial charge < -0.3 is 15.5 Å². The number of carbonyl (C=O) groups is 1. The molecule has 1 amide bonds. The molecule has 0 saturated heterocycles. The van der Waals surface area contributed by atoms with Crippen molar-refractivity contribution in [1.29, 1.82) is 0 Å². The molecule has 1 saturated carbocycles. The Hall–Kier alpha value is -2.14. The van der Waals surface area contributed by atoms with Crippen LogP contribution in [0.1, 0.15) is 31.6 Å². The van der Waals surface area contributed by atoms with Crippen LogP contribution < -0.4 is 11.1 Å². The minimum atomic E-state index is 0.0518. The quantitative estimate of drug-likeness (QED) is 0.784. The molecule has 1 aliphatic rings. The summed E-state index contributed by atoms with van der Waals surface area (Å²) in [5.41, 5.74) is 6.98. The summed E-state index contributed by atoms with van der Waals surface area (Å²) in [6.07, 6.45) is 5.99. The summed E-state index contributed by atoms with van der Waals surface area (Å²) >= 11 is 0. The zero-order valence-corrected chi connectivity index (χ0v) is 13.2. The van der Waals surface area contributed by atoms with Gasteiger partial charge >= 0.3 is 0 Å². The number of amides is 1. The summed E-state index contributed by atoms with van der Waals surface area (Å²) in [4.78, 5) is 16.1. The van der Waals surface area contributed by atoms with E-state index in [9.17, 15) is 4.79 Å². The second-order valence-electron chi connectivity index (χ2n) is 6.14. The molecule has 1 heterocycles. The van der Waals surface area contributed by atoms with E-state index in [0.29, 0.717) is 31.2 Å². The van der Waals surface area contributed by atoms with E-state index >= 15 is 0 Å². The molecule has 1 aromatic carbocycles. The van der Waals surface area contributed by atoms with E-state index in [1.165, 1.54) is 12.8 Å². The summed E-state index contributed by atoms with van der Waals surface area (Å²) in [5.74, 6) is 2.10. The summed E-state index contributed by atoms with van der Waals surface area (Å²) < 4.78 is 5.73. The monoisotopic (exact) mass is 313 g/mol. The molecule has 1 unspecified atom stereocenters. The lowest BCUT2D eigenvalue weighted by Crippen LogP contribution is -2.38. The third-order valence-corrected chi connectivity index (χ3v) is 4.17. The number of aromatic nitrogens is 1. The fraction of sp³-hybridized carbons (Fsp3) is 0.444. The fourth-order valence-corrected chi connectivity index (χ4v) is 2.57. The van der Waals surface area contributed by atoms with Crippen molar-refractivity contribution in [3.63, 3.8) is 0 Å². The molecule has 1 aliphatic carbocycles. The maximum Gasteiger partial charge on any atom is 0.220 e. The molecule has 5 heteroatoms. The van der Waals surface area contributed by atoms with Crippen molar-refractivity contribution in [2.24, 2.45) is 11.7 Å². The van der Waals surface area contributed by atoms with Gasteiger partial charge in [0.1, 0.15) is 0 Å². The molecule has 1 fully saturated rings. The number of nitrogens with zero attached hydrogens (tertiary/aromatic N) is 1. The Kier molecular flexibility index (Phi) is 5.08. The van der Waals surface area contributed by atoms with Gasteiger partial charge in [-0.3, -0.25) is 4.79 Å². The summed E-state index contributed by atoms with van der Waals surface area (Å²) in [6, 6.07) is 9.98. The first-order valence-electron chi connectivity index (χ1n) is 8.25. The Labute approximate surface area is 136 Å². The highest BCUT2D eigenvalue weighted by atomic mass is 16.4. The molecule has 0 bridgehead atoms. The van der Waals surface area contributed by atoms with Crippen LogP contribution in [0.4, 0.5) is 0 Å². The number of nitrogens with two attached hydrogens (primary N) is 1. The number of rotatable bonds is 8. The number of benzene rings is 1. The molecule has 122 valence electrons. The zero-order chi connectivity index (χ0) is 16.1. The lowest BCUT2D eigenvalue weighted by molar-refractivity contribution is -0.121. The second kappa shape index (κ2) is 7.42. The van der Waals surface area contributed by atoms with E-state index in [1.807, 2.05) is 30.3 Å². The first-order valence-corrected chi connectivity index (χ1v) is 8.25. The van der Waals surface area contributed by atoms with Crippen LogP contribution in [0.3, 0.4) is 0 Å². The first kappa shape index (κ1) is 15.7. The van der Waals surface area contributed by atoms with Crippen LogP contribution in [0.15, 0.2) is 40.9 Å². The third kappa shape index (κ3) is 4.66. The van der Waals surface area contributed by atoms with Crippen molar-refractivity contribution < 1.29 is 9.21 Å². The first-order chi connectivity index (χ1) is 11.2. The van der Waals surface area contributed by atoms with Gasteiger partial charge in [0.25, 0.3) is 0 Å². The van der Waals surface area contributed by atoms with Gasteiger partial charge in [-0.05, 0) is 25.2 Å². The minimum absolute atomic E-state index is 0.0518. The number of oxazole rings is 1. The van der Waals surface area contributed by atoms with Crippen LogP contribution in [-0.4, -0.2) is 23.5 Å². The maximum absolute atomic E-state index is 11.8. The Bertz CT molecular complexity index is 635. The Balaban J connectivity index is 1.38. The number of carbonyl (C=O) groups excluding carboxylic acids is 1. The van der Waals surface area contributed by atoms with Gasteiger partial charge in [0.05, 0.1) is 6.20 Å². The lowest BCUT2D eigenvalue weighted by Gasteiger charge is -2.11. The van der Waals surface area contributed by atoms with Crippen LogP contribution >= 0.6 is 0 Å². The van der Waals surface area contributed by atoms with Gasteiger partial charge in [-0.25, -0.2) is 4.98 Å². The number of aryl methyl sites for hydroxylation is 1. The smallest absolute Gasteiger partial charge is 0.220 e. The van der Waals surface area contributed by atoms with Gasteiger partial charge in [0, 0.05) is 31.0 Å². The summed E-state index contributed by atoms with van der Waals surface area (Å²) in [5, 5.41) is 2.91. The van der Waals surface area contributed by atoms with E-state index in [4.69, 9.17) is 10.2 Å². The molecule has 0 radical (unpaired) electrons. The molecule has 2 aromatic rings. The lowest BCUT2D eigenvalue weighted by atomic mass is 10.2. The van der Waals surface area contributed by atoms with E-state index < -0.39 is 0 Å². The van der Waals surface area contributed by atoms with E-state index in [-0.39, 0.29) is 11.9 Å². The molecule has 0 spiro atoms. The molecule has 3 rings (SSSR count). The van der Waals surface area contributed by atoms with Crippen molar-refractivity contribution in [1.82, 2.24) is 10.3 Å². The predicted molar refractivity (Wildman–Crippen MR) is 88.6 cm³/mol. The number of hydrogen-bond donors (Lipinski definition) is 2. The molecule has 1 atom stereocenters. The highest BCUT2D eigenvalue weighted by Crippen LogP contribution is 2.31. The average molecular weight is 313 g/mol. The molecule has 23 heavy (non-hydrogen) atoms. The van der Waals surface area contributed by atoms with Crippen molar-refractivity contribution in [3.05, 3.63) is 42.4 Å². The van der Waals surface area contributed by atoms with Crippen LogP contribution in [0.2, 0.25) is 0 Å². The average Bonchev–Trinajstić information content (AvgIpc) is 3.33. The highest BCUT2D eigenvalue weighted by molar-refractivity contribution is 5.75. The van der Waals surface area contributed by atoms with E-state index in [2.05, 4.69) is 10.3 Å². The molecular formula is C18H23N3O2. The number of hydrogen-bond acceptors (Lipinski definition) is 4. The molecule has 1 aromatic heterocycles. The Morgan fingerprint density at radius 1 is 1.35 bits per heavy atom. The Morgan fingerprint density at radius 3 is 2.87 bits per heavy atom. The SMILES string of the molecule is NC(CNC(=O)CCCc1ncc(-c2ccccc2)o1)C1CC1. The number of nitrogens with one attached hydrogen (secondary N) is 1. The third-order valence-electron chi connectivity index (χ3n) is 4.17. The van der Waals surface area contributed by atoms with E-state index in [0.717, 1.165) is 17.7 Å². The topological polar surface area (TPSA) is 81.1 Å². The molecule has 5 nitrogen and oxygen atoms in total. The minimum Gasteiger partial charge on any atom is -0.441 e. The highest BCUT2D eigenvalue weighted by Gasteiger charge is 2.28. The van der Waals surface area contributed by atoms with Crippen molar-refractivity contribution in [2.75, 3.05) is 6.54 Å². The normalized spacial score (nSPS) is 15.3. The van der Waals surface area contributed by atoms with Gasteiger partial charge in [-0.15, -0.1) is 0 Å². The van der Waals surface area contributed by atoms with Gasteiger partial charge in [0.15, 0.2) is 11.7 Å². The van der Waals surface area contributed by atoms with Gasteiger partial charge in [-0.2, -0.15) is 0 Å². The fourth-order valence-electron chi connectivity index (χ4n) is 2.57. The van der Waals surface area contributed by atoms with Crippen molar-refractivity contribution in [3.8, 4) is 11.3 Å². The Morgan fingerprint density at radius 2 is 2.13 bits per heavy atom. The summed E-state index contributed by atoms with van der Waals surface area (Å²) in [6.45, 7) is 0.584. The van der Waals surface area contributed by atoms with Gasteiger partial charge in [0.2, 0.25) is 5.91 Å². The van der Waals surface area contributed by atoms with E-state index in [1.54, 1.807) is 6.20 Å². The van der Waals surface area contributed by atoms with Gasteiger partial charge in [-0.1, -0.05) is 30.3 Å². The largest absolute Gasteiger partial charge is 0.441 e. The van der Waals surface area contributed by atoms with Crippen LogP contribution in [0.5, 0.6) is 0 Å². The zero-order valence-electron chi connectivity index (χ0n) is 13.2. The van der Waals surface area contributed by atoms with Crippen molar-refractivity contribution >= 4 is 5.91 Å². The van der Waals surface area contributed by atoms with Crippen LogP contribution in [0.25, 0.3) is 11.3 Å². The molecule has 0 aliphatic heterocycles. The van der Waals surface area contributed by atoms with Crippen LogP contribution in [-0.2, 0) is 11.2 Å². The standard InChI is InChI=1S/C18H23N3O2/c19-15(13-9-10-13)11-20-17(22)7-4-8-18-21-12-16(23-18)14-5-2-1-3-6-14/h1-3,5-6,12-13,15H,4,7-11,19H2,(H,20,22). The second-order valence-corrected chi connectivity index (χ2v) is 6.14. The molecular weight excluding hydrogens is 290 g/mol. The molecule has 3 N–H and O–H groups in total.